The fourth-order valence-corrected chi connectivity index (χ4v) is 2.74. The molecule has 1 aromatic carbocycles. The SMILES string of the molecule is Cc1ccc(C(C)NCc2ccccc2C#N)s1. The Kier molecular flexibility index (Phi) is 4.14. The molecule has 1 unspecified atom stereocenters. The highest BCUT2D eigenvalue weighted by molar-refractivity contribution is 7.12. The first-order valence-electron chi connectivity index (χ1n) is 5.98. The molecule has 0 saturated heterocycles. The molecule has 1 atom stereocenters. The Bertz CT molecular complexity index is 566. The van der Waals surface area contributed by atoms with E-state index in [1.165, 1.54) is 9.75 Å². The lowest BCUT2D eigenvalue weighted by Crippen LogP contribution is -2.17. The van der Waals surface area contributed by atoms with Gasteiger partial charge >= 0.3 is 0 Å². The van der Waals surface area contributed by atoms with Crippen LogP contribution in [0.3, 0.4) is 0 Å². The Labute approximate surface area is 112 Å². The van der Waals surface area contributed by atoms with Gasteiger partial charge in [0.1, 0.15) is 0 Å². The number of thiophene rings is 1. The van der Waals surface area contributed by atoms with E-state index < -0.39 is 0 Å². The predicted octanol–water partition coefficient (Wildman–Crippen LogP) is 3.78. The molecule has 1 N–H and O–H groups in total. The van der Waals surface area contributed by atoms with Gasteiger partial charge in [0.15, 0.2) is 0 Å². The molecule has 2 aromatic rings. The third-order valence-electron chi connectivity index (χ3n) is 2.92. The predicted molar refractivity (Wildman–Crippen MR) is 75.5 cm³/mol. The van der Waals surface area contributed by atoms with Gasteiger partial charge in [-0.2, -0.15) is 5.26 Å². The van der Waals surface area contributed by atoms with Gasteiger partial charge in [-0.3, -0.25) is 0 Å². The molecule has 18 heavy (non-hydrogen) atoms. The van der Waals surface area contributed by atoms with Crippen LogP contribution in [0.5, 0.6) is 0 Å². The molecule has 0 amide bonds. The zero-order valence-corrected chi connectivity index (χ0v) is 11.4. The van der Waals surface area contributed by atoms with E-state index in [0.29, 0.717) is 6.04 Å². The largest absolute Gasteiger partial charge is 0.305 e. The van der Waals surface area contributed by atoms with Crippen LogP contribution in [0.4, 0.5) is 0 Å². The van der Waals surface area contributed by atoms with Crippen molar-refractivity contribution >= 4 is 11.3 Å². The summed E-state index contributed by atoms with van der Waals surface area (Å²) in [6.07, 6.45) is 0. The highest BCUT2D eigenvalue weighted by atomic mass is 32.1. The van der Waals surface area contributed by atoms with Crippen molar-refractivity contribution in [2.24, 2.45) is 0 Å². The molecular weight excluding hydrogens is 240 g/mol. The molecule has 1 aromatic heterocycles. The first-order valence-corrected chi connectivity index (χ1v) is 6.80. The monoisotopic (exact) mass is 256 g/mol. The zero-order valence-electron chi connectivity index (χ0n) is 10.6. The number of hydrogen-bond donors (Lipinski definition) is 1. The molecule has 0 aliphatic heterocycles. The van der Waals surface area contributed by atoms with Crippen LogP contribution in [0.1, 0.15) is 33.8 Å². The molecule has 2 rings (SSSR count). The van der Waals surface area contributed by atoms with Gasteiger partial charge in [-0.1, -0.05) is 18.2 Å². The maximum atomic E-state index is 9.03. The summed E-state index contributed by atoms with van der Waals surface area (Å²) in [5.41, 5.74) is 1.81. The number of aryl methyl sites for hydroxylation is 1. The summed E-state index contributed by atoms with van der Waals surface area (Å²) in [5.74, 6) is 0. The Balaban J connectivity index is 2.02. The number of nitriles is 1. The van der Waals surface area contributed by atoms with Crippen molar-refractivity contribution in [3.63, 3.8) is 0 Å². The maximum absolute atomic E-state index is 9.03. The number of rotatable bonds is 4. The molecule has 3 heteroatoms. The second-order valence-corrected chi connectivity index (χ2v) is 5.64. The van der Waals surface area contributed by atoms with Gasteiger partial charge in [-0.25, -0.2) is 0 Å². The fraction of sp³-hybridized carbons (Fsp3) is 0.267. The molecule has 2 nitrogen and oxygen atoms in total. The van der Waals surface area contributed by atoms with Gasteiger partial charge in [-0.15, -0.1) is 11.3 Å². The summed E-state index contributed by atoms with van der Waals surface area (Å²) in [6, 6.07) is 14.6. The lowest BCUT2D eigenvalue weighted by atomic mass is 10.1. The fourth-order valence-electron chi connectivity index (χ4n) is 1.83. The number of nitrogens with zero attached hydrogens (tertiary/aromatic N) is 1. The average molecular weight is 256 g/mol. The van der Waals surface area contributed by atoms with Crippen LogP contribution in [0.15, 0.2) is 36.4 Å². The van der Waals surface area contributed by atoms with Crippen molar-refractivity contribution in [1.29, 1.82) is 5.26 Å². The molecule has 0 fully saturated rings. The molecule has 0 aliphatic rings. The van der Waals surface area contributed by atoms with E-state index in [1.54, 1.807) is 0 Å². The Hall–Kier alpha value is -1.63. The van der Waals surface area contributed by atoms with Crippen LogP contribution < -0.4 is 5.32 Å². The minimum absolute atomic E-state index is 0.315. The molecule has 92 valence electrons. The Morgan fingerprint density at radius 3 is 2.72 bits per heavy atom. The van der Waals surface area contributed by atoms with Crippen molar-refractivity contribution in [2.45, 2.75) is 26.4 Å². The lowest BCUT2D eigenvalue weighted by molar-refractivity contribution is 0.582. The van der Waals surface area contributed by atoms with Crippen LogP contribution in [0, 0.1) is 18.3 Å². The van der Waals surface area contributed by atoms with Crippen LogP contribution in [0.25, 0.3) is 0 Å². The summed E-state index contributed by atoms with van der Waals surface area (Å²) >= 11 is 1.81. The van der Waals surface area contributed by atoms with E-state index in [-0.39, 0.29) is 0 Å². The summed E-state index contributed by atoms with van der Waals surface area (Å²) in [4.78, 5) is 2.66. The third kappa shape index (κ3) is 2.98. The first-order chi connectivity index (χ1) is 8.70. The van der Waals surface area contributed by atoms with Crippen molar-refractivity contribution in [3.8, 4) is 6.07 Å². The quantitative estimate of drug-likeness (QED) is 0.903. The van der Waals surface area contributed by atoms with E-state index in [9.17, 15) is 0 Å². The van der Waals surface area contributed by atoms with Crippen molar-refractivity contribution in [3.05, 3.63) is 57.3 Å². The van der Waals surface area contributed by atoms with Gasteiger partial charge in [0.25, 0.3) is 0 Å². The normalized spacial score (nSPS) is 12.1. The first kappa shape index (κ1) is 12.8. The standard InChI is InChI=1S/C15H16N2S/c1-11-7-8-15(18-11)12(2)17-10-14-6-4-3-5-13(14)9-16/h3-8,12,17H,10H2,1-2H3. The molecule has 1 heterocycles. The van der Waals surface area contributed by atoms with E-state index in [4.69, 9.17) is 5.26 Å². The summed E-state index contributed by atoms with van der Waals surface area (Å²) in [5, 5.41) is 12.5. The summed E-state index contributed by atoms with van der Waals surface area (Å²) < 4.78 is 0. The summed E-state index contributed by atoms with van der Waals surface area (Å²) in [7, 11) is 0. The molecule has 0 spiro atoms. The topological polar surface area (TPSA) is 35.8 Å². The van der Waals surface area contributed by atoms with E-state index in [0.717, 1.165) is 17.7 Å². The smallest absolute Gasteiger partial charge is 0.0995 e. The van der Waals surface area contributed by atoms with E-state index in [2.05, 4.69) is 37.4 Å². The number of nitrogens with one attached hydrogen (secondary N) is 1. The molecular formula is C15H16N2S. The molecule has 0 aliphatic carbocycles. The van der Waals surface area contributed by atoms with E-state index in [1.807, 2.05) is 35.6 Å². The van der Waals surface area contributed by atoms with Gasteiger partial charge in [0, 0.05) is 22.3 Å². The molecule has 0 radical (unpaired) electrons. The van der Waals surface area contributed by atoms with Crippen LogP contribution in [-0.4, -0.2) is 0 Å². The number of hydrogen-bond acceptors (Lipinski definition) is 3. The number of benzene rings is 1. The van der Waals surface area contributed by atoms with Crippen molar-refractivity contribution < 1.29 is 0 Å². The lowest BCUT2D eigenvalue weighted by Gasteiger charge is -2.12. The minimum Gasteiger partial charge on any atom is -0.305 e. The minimum atomic E-state index is 0.315. The van der Waals surface area contributed by atoms with Gasteiger partial charge in [0.05, 0.1) is 11.6 Å². The van der Waals surface area contributed by atoms with Crippen molar-refractivity contribution in [2.75, 3.05) is 0 Å². The highest BCUT2D eigenvalue weighted by Crippen LogP contribution is 2.22. The van der Waals surface area contributed by atoms with Crippen LogP contribution in [-0.2, 0) is 6.54 Å². The van der Waals surface area contributed by atoms with Crippen LogP contribution in [0.2, 0.25) is 0 Å². The second-order valence-electron chi connectivity index (χ2n) is 4.32. The highest BCUT2D eigenvalue weighted by Gasteiger charge is 2.08. The van der Waals surface area contributed by atoms with Gasteiger partial charge in [-0.05, 0) is 37.6 Å². The zero-order chi connectivity index (χ0) is 13.0. The Morgan fingerprint density at radius 1 is 1.28 bits per heavy atom. The van der Waals surface area contributed by atoms with Gasteiger partial charge in [0.2, 0.25) is 0 Å². The molecule has 0 bridgehead atoms. The van der Waals surface area contributed by atoms with Crippen molar-refractivity contribution in [1.82, 2.24) is 5.32 Å². The van der Waals surface area contributed by atoms with Crippen LogP contribution >= 0.6 is 11.3 Å². The summed E-state index contributed by atoms with van der Waals surface area (Å²) in [6.45, 7) is 4.99. The average Bonchev–Trinajstić information content (AvgIpc) is 2.83. The molecule has 0 saturated carbocycles. The third-order valence-corrected chi connectivity index (χ3v) is 4.11. The van der Waals surface area contributed by atoms with E-state index >= 15 is 0 Å². The Morgan fingerprint density at radius 2 is 2.06 bits per heavy atom. The second kappa shape index (κ2) is 5.81. The maximum Gasteiger partial charge on any atom is 0.0995 e. The van der Waals surface area contributed by atoms with Gasteiger partial charge < -0.3 is 5.32 Å².